The second-order valence-corrected chi connectivity index (χ2v) is 12.6. The first-order valence-corrected chi connectivity index (χ1v) is 11.7. The number of hydrogen-bond donors (Lipinski definition) is 0. The van der Waals surface area contributed by atoms with E-state index in [4.69, 9.17) is 16.0 Å². The molecule has 0 aromatic heterocycles. The van der Waals surface area contributed by atoms with E-state index in [1.807, 2.05) is 91.0 Å². The van der Waals surface area contributed by atoms with Gasteiger partial charge in [-0.25, -0.2) is 0 Å². The van der Waals surface area contributed by atoms with Crippen LogP contribution in [-0.4, -0.2) is 18.7 Å². The van der Waals surface area contributed by atoms with Gasteiger partial charge < -0.3 is 0 Å². The number of benzene rings is 3. The molecule has 134 valence electrons. The molecule has 0 amide bonds. The van der Waals surface area contributed by atoms with Crippen molar-refractivity contribution in [2.45, 2.75) is 12.8 Å². The number of hydrogen-bond acceptors (Lipinski definition) is 2. The summed E-state index contributed by atoms with van der Waals surface area (Å²) in [5.74, 6) is -4.60. The van der Waals surface area contributed by atoms with E-state index in [1.165, 1.54) is 0 Å². The van der Waals surface area contributed by atoms with E-state index >= 15 is 0 Å². The van der Waals surface area contributed by atoms with Gasteiger partial charge in [0.25, 0.3) is 0 Å². The summed E-state index contributed by atoms with van der Waals surface area (Å²) in [5, 5.41) is 2.75. The van der Waals surface area contributed by atoms with Crippen LogP contribution >= 0.6 is 17.2 Å². The SMILES string of the molecule is COC(C(C)=O)P(Cl)(c1ccccc1)(c1ccccc1)c1ccccc1. The summed E-state index contributed by atoms with van der Waals surface area (Å²) in [6, 6.07) is 29.6. The second-order valence-electron chi connectivity index (χ2n) is 6.28. The second kappa shape index (κ2) is 7.32. The number of ether oxygens (including phenoxy) is 1. The zero-order valence-corrected chi connectivity index (χ0v) is 16.5. The van der Waals surface area contributed by atoms with Gasteiger partial charge >= 0.3 is 159 Å². The van der Waals surface area contributed by atoms with E-state index in [0.717, 1.165) is 15.9 Å². The molecule has 2 nitrogen and oxygen atoms in total. The van der Waals surface area contributed by atoms with Crippen LogP contribution in [0.3, 0.4) is 0 Å². The van der Waals surface area contributed by atoms with Gasteiger partial charge in [-0.1, -0.05) is 0 Å². The summed E-state index contributed by atoms with van der Waals surface area (Å²) in [6.45, 7) is 1.55. The topological polar surface area (TPSA) is 26.3 Å². The Morgan fingerprint density at radius 1 is 0.769 bits per heavy atom. The summed E-state index contributed by atoms with van der Waals surface area (Å²) >= 11 is 7.82. The Morgan fingerprint density at radius 3 is 1.31 bits per heavy atom. The number of carbonyl (C=O) groups excluding carboxylic acids is 1. The fourth-order valence-corrected chi connectivity index (χ4v) is 10.4. The summed E-state index contributed by atoms with van der Waals surface area (Å²) < 4.78 is 5.82. The van der Waals surface area contributed by atoms with Gasteiger partial charge in [0.05, 0.1) is 0 Å². The Bertz CT molecular complexity index is 782. The Kier molecular flexibility index (Phi) is 5.29. The summed E-state index contributed by atoms with van der Waals surface area (Å²) in [5.41, 5.74) is 0. The molecule has 0 bridgehead atoms. The van der Waals surface area contributed by atoms with Gasteiger partial charge in [0.1, 0.15) is 0 Å². The third kappa shape index (κ3) is 2.70. The van der Waals surface area contributed by atoms with E-state index in [-0.39, 0.29) is 5.78 Å². The molecule has 0 aliphatic rings. The number of halogens is 1. The van der Waals surface area contributed by atoms with Crippen LogP contribution in [0, 0.1) is 0 Å². The molecule has 0 N–H and O–H groups in total. The van der Waals surface area contributed by atoms with E-state index in [0.29, 0.717) is 0 Å². The molecule has 26 heavy (non-hydrogen) atoms. The minimum atomic E-state index is -3.73. The van der Waals surface area contributed by atoms with E-state index < -0.39 is 11.8 Å². The Morgan fingerprint density at radius 2 is 1.08 bits per heavy atom. The molecule has 0 heterocycles. The zero-order chi connectivity index (χ0) is 18.6. The fourth-order valence-electron chi connectivity index (χ4n) is 3.72. The number of rotatable bonds is 6. The van der Waals surface area contributed by atoms with E-state index in [2.05, 4.69) is 0 Å². The minimum absolute atomic E-state index is 0.0864. The van der Waals surface area contributed by atoms with Crippen molar-refractivity contribution in [1.82, 2.24) is 0 Å². The van der Waals surface area contributed by atoms with Crippen molar-refractivity contribution in [1.29, 1.82) is 0 Å². The Labute approximate surface area is 159 Å². The third-order valence-corrected chi connectivity index (χ3v) is 12.5. The van der Waals surface area contributed by atoms with Crippen LogP contribution in [0.15, 0.2) is 91.0 Å². The number of Topliss-reactive ketones (excluding diaryl/α,β-unsaturated/α-hetero) is 1. The van der Waals surface area contributed by atoms with Crippen molar-refractivity contribution < 1.29 is 9.53 Å². The fraction of sp³-hybridized carbons (Fsp3) is 0.136. The molecule has 4 heteroatoms. The molecule has 3 rings (SSSR count). The normalized spacial score (nSPS) is 14.2. The van der Waals surface area contributed by atoms with Gasteiger partial charge in [-0.05, 0) is 0 Å². The average molecular weight is 385 g/mol. The van der Waals surface area contributed by atoms with Crippen molar-refractivity contribution >= 4 is 38.9 Å². The van der Waals surface area contributed by atoms with Crippen molar-refractivity contribution in [3.8, 4) is 0 Å². The van der Waals surface area contributed by atoms with Gasteiger partial charge in [-0.3, -0.25) is 0 Å². The zero-order valence-electron chi connectivity index (χ0n) is 14.9. The van der Waals surface area contributed by atoms with Crippen LogP contribution in [0.4, 0.5) is 0 Å². The van der Waals surface area contributed by atoms with E-state index in [9.17, 15) is 4.79 Å². The Balaban J connectivity index is 2.54. The molecular formula is C22H22ClO2P. The van der Waals surface area contributed by atoms with Crippen molar-refractivity contribution in [3.05, 3.63) is 91.0 Å². The molecular weight excluding hydrogens is 363 g/mol. The van der Waals surface area contributed by atoms with Crippen molar-refractivity contribution in [2.75, 3.05) is 7.11 Å². The van der Waals surface area contributed by atoms with Crippen LogP contribution in [-0.2, 0) is 9.53 Å². The number of methoxy groups -OCH3 is 1. The van der Waals surface area contributed by atoms with Crippen molar-refractivity contribution in [3.63, 3.8) is 0 Å². The number of carbonyl (C=O) groups is 1. The van der Waals surface area contributed by atoms with Gasteiger partial charge in [-0.15, -0.1) is 0 Å². The maximum atomic E-state index is 12.8. The predicted octanol–water partition coefficient (Wildman–Crippen LogP) is 4.23. The molecule has 0 fully saturated rings. The first-order valence-electron chi connectivity index (χ1n) is 8.47. The summed E-state index contributed by atoms with van der Waals surface area (Å²) in [4.78, 5) is 12.8. The molecule has 1 unspecified atom stereocenters. The monoisotopic (exact) mass is 384 g/mol. The van der Waals surface area contributed by atoms with Gasteiger partial charge in [-0.2, -0.15) is 0 Å². The maximum absolute atomic E-state index is 12.8. The summed E-state index contributed by atoms with van der Waals surface area (Å²) in [6.07, 6.45) is 0. The average Bonchev–Trinajstić information content (AvgIpc) is 2.70. The summed E-state index contributed by atoms with van der Waals surface area (Å²) in [7, 11) is 1.56. The van der Waals surface area contributed by atoms with Gasteiger partial charge in [0.15, 0.2) is 0 Å². The van der Waals surface area contributed by atoms with Crippen molar-refractivity contribution in [2.24, 2.45) is 0 Å². The molecule has 0 spiro atoms. The van der Waals surface area contributed by atoms with Crippen LogP contribution in [0.5, 0.6) is 0 Å². The van der Waals surface area contributed by atoms with Crippen LogP contribution in [0.1, 0.15) is 6.92 Å². The quantitative estimate of drug-likeness (QED) is 0.594. The predicted molar refractivity (Wildman–Crippen MR) is 112 cm³/mol. The molecule has 0 aliphatic heterocycles. The molecule has 0 aliphatic carbocycles. The van der Waals surface area contributed by atoms with Gasteiger partial charge in [0, 0.05) is 0 Å². The molecule has 1 atom stereocenters. The first kappa shape index (κ1) is 18.8. The van der Waals surface area contributed by atoms with Crippen LogP contribution in [0.25, 0.3) is 0 Å². The standard InChI is InChI=1S/C22H22ClO2P/c1-18(24)22(25-2)26(23,19-12-6-3-7-13-19,20-14-8-4-9-15-20)21-16-10-5-11-17-21/h3-17,22H,1-2H3. The third-order valence-electron chi connectivity index (χ3n) is 4.79. The van der Waals surface area contributed by atoms with Crippen LogP contribution in [0.2, 0.25) is 0 Å². The Hall–Kier alpha value is -1.99. The molecule has 3 aromatic rings. The molecule has 3 aromatic carbocycles. The van der Waals surface area contributed by atoms with E-state index in [1.54, 1.807) is 14.0 Å². The number of ketones is 1. The molecule has 0 radical (unpaired) electrons. The molecule has 0 saturated carbocycles. The first-order chi connectivity index (χ1) is 12.5. The van der Waals surface area contributed by atoms with Crippen LogP contribution < -0.4 is 15.9 Å². The van der Waals surface area contributed by atoms with Gasteiger partial charge in [0.2, 0.25) is 0 Å². The molecule has 0 saturated heterocycles.